The molecule has 0 saturated heterocycles. The molecule has 0 saturated carbocycles. The van der Waals surface area contributed by atoms with Crippen LogP contribution in [0, 0.1) is 9.49 Å². The van der Waals surface area contributed by atoms with Crippen LogP contribution in [0.1, 0.15) is 24.2 Å². The van der Waals surface area contributed by atoms with E-state index in [2.05, 4.69) is 27.9 Å². The fourth-order valence-electron chi connectivity index (χ4n) is 1.14. The van der Waals surface area contributed by atoms with Gasteiger partial charge in [0, 0.05) is 14.5 Å². The van der Waals surface area contributed by atoms with Crippen LogP contribution in [0.2, 0.25) is 5.02 Å². The van der Waals surface area contributed by atoms with E-state index in [1.54, 1.807) is 32.0 Å². The fraction of sp³-hybridized carbons (Fsp3) is 0.333. The highest BCUT2D eigenvalue weighted by Gasteiger charge is 2.13. The Balaban J connectivity index is 2.70. The van der Waals surface area contributed by atoms with Crippen molar-refractivity contribution in [3.05, 3.63) is 32.4 Å². The Bertz CT molecular complexity index is 446. The lowest BCUT2D eigenvalue weighted by Crippen LogP contribution is -2.31. The Morgan fingerprint density at radius 3 is 2.65 bits per heavy atom. The molecule has 1 rings (SSSR count). The van der Waals surface area contributed by atoms with E-state index in [4.69, 9.17) is 11.6 Å². The van der Waals surface area contributed by atoms with E-state index >= 15 is 0 Å². The Labute approximate surface area is 119 Å². The number of ketones is 1. The molecule has 0 aromatic heterocycles. The third-order valence-corrected chi connectivity index (χ3v) is 3.42. The quantitative estimate of drug-likeness (QED) is 0.834. The first kappa shape index (κ1) is 14.4. The number of nitrogens with one attached hydrogen (secondary N) is 1. The molecule has 1 aromatic rings. The molecule has 0 aliphatic heterocycles. The summed E-state index contributed by atoms with van der Waals surface area (Å²) in [7, 11) is 0. The lowest BCUT2D eigenvalue weighted by atomic mass is 10.1. The van der Waals surface area contributed by atoms with Gasteiger partial charge in [-0.3, -0.25) is 9.59 Å². The summed E-state index contributed by atoms with van der Waals surface area (Å²) in [6, 6.07) is 5.08. The molecular weight excluding hydrogens is 352 g/mol. The molecule has 92 valence electrons. The minimum absolute atomic E-state index is 0.00962. The highest BCUT2D eigenvalue weighted by Crippen LogP contribution is 2.17. The minimum Gasteiger partial charge on any atom is -0.345 e. The van der Waals surface area contributed by atoms with Crippen LogP contribution in [0.4, 0.5) is 0 Å². The zero-order valence-electron chi connectivity index (χ0n) is 9.59. The standard InChI is InChI=1S/C12H13ClINO2/c1-7(2)11(16)6-15-12(17)9-5-8(13)3-4-10(9)14/h3-5,7H,6H2,1-2H3,(H,15,17). The van der Waals surface area contributed by atoms with E-state index in [1.807, 2.05) is 0 Å². The van der Waals surface area contributed by atoms with Gasteiger partial charge in [-0.15, -0.1) is 0 Å². The van der Waals surface area contributed by atoms with E-state index in [0.717, 1.165) is 3.57 Å². The second kappa shape index (κ2) is 6.35. The first-order valence-corrected chi connectivity index (χ1v) is 6.63. The van der Waals surface area contributed by atoms with Crippen molar-refractivity contribution < 1.29 is 9.59 Å². The van der Waals surface area contributed by atoms with Crippen LogP contribution in [-0.4, -0.2) is 18.2 Å². The molecule has 1 amide bonds. The molecule has 0 atom stereocenters. The van der Waals surface area contributed by atoms with Gasteiger partial charge in [-0.1, -0.05) is 25.4 Å². The average molecular weight is 366 g/mol. The van der Waals surface area contributed by atoms with Crippen LogP contribution < -0.4 is 5.32 Å². The number of Topliss-reactive ketones (excluding diaryl/α,β-unsaturated/α-hetero) is 1. The smallest absolute Gasteiger partial charge is 0.252 e. The Morgan fingerprint density at radius 2 is 2.06 bits per heavy atom. The molecule has 0 aliphatic carbocycles. The average Bonchev–Trinajstić information content (AvgIpc) is 2.28. The zero-order valence-corrected chi connectivity index (χ0v) is 12.5. The van der Waals surface area contributed by atoms with Crippen molar-refractivity contribution in [2.24, 2.45) is 5.92 Å². The number of hydrogen-bond donors (Lipinski definition) is 1. The second-order valence-corrected chi connectivity index (χ2v) is 5.53. The Morgan fingerprint density at radius 1 is 1.41 bits per heavy atom. The molecule has 0 aliphatic rings. The van der Waals surface area contributed by atoms with Crippen LogP contribution in [0.25, 0.3) is 0 Å². The van der Waals surface area contributed by atoms with Crippen LogP contribution in [0.15, 0.2) is 18.2 Å². The predicted molar refractivity (Wildman–Crippen MR) is 76.3 cm³/mol. The summed E-state index contributed by atoms with van der Waals surface area (Å²) < 4.78 is 0.807. The molecule has 17 heavy (non-hydrogen) atoms. The molecule has 1 N–H and O–H groups in total. The SMILES string of the molecule is CC(C)C(=O)CNC(=O)c1cc(Cl)ccc1I. The van der Waals surface area contributed by atoms with Crippen molar-refractivity contribution in [2.75, 3.05) is 6.54 Å². The third kappa shape index (κ3) is 4.27. The maximum Gasteiger partial charge on any atom is 0.252 e. The summed E-state index contributed by atoms with van der Waals surface area (Å²) >= 11 is 7.88. The number of carbonyl (C=O) groups excluding carboxylic acids is 2. The van der Waals surface area contributed by atoms with Crippen molar-refractivity contribution in [3.63, 3.8) is 0 Å². The number of benzene rings is 1. The maximum atomic E-state index is 11.8. The van der Waals surface area contributed by atoms with Gasteiger partial charge in [-0.2, -0.15) is 0 Å². The molecule has 0 fully saturated rings. The lowest BCUT2D eigenvalue weighted by molar-refractivity contribution is -0.120. The van der Waals surface area contributed by atoms with E-state index in [-0.39, 0.29) is 24.2 Å². The summed E-state index contributed by atoms with van der Waals surface area (Å²) in [5.41, 5.74) is 0.495. The number of amides is 1. The van der Waals surface area contributed by atoms with Crippen molar-refractivity contribution in [2.45, 2.75) is 13.8 Å². The topological polar surface area (TPSA) is 46.2 Å². The van der Waals surface area contributed by atoms with Gasteiger partial charge < -0.3 is 5.32 Å². The number of hydrogen-bond acceptors (Lipinski definition) is 2. The van der Waals surface area contributed by atoms with Crippen molar-refractivity contribution in [3.8, 4) is 0 Å². The molecule has 0 radical (unpaired) electrons. The van der Waals surface area contributed by atoms with Gasteiger partial charge in [0.1, 0.15) is 0 Å². The molecule has 0 bridgehead atoms. The molecule has 0 unspecified atom stereocenters. The van der Waals surface area contributed by atoms with Crippen molar-refractivity contribution >= 4 is 45.9 Å². The molecule has 3 nitrogen and oxygen atoms in total. The summed E-state index contributed by atoms with van der Waals surface area (Å²) in [5.74, 6) is -0.338. The monoisotopic (exact) mass is 365 g/mol. The molecule has 0 spiro atoms. The van der Waals surface area contributed by atoms with Crippen LogP contribution in [0.5, 0.6) is 0 Å². The summed E-state index contributed by atoms with van der Waals surface area (Å²) in [4.78, 5) is 23.2. The van der Waals surface area contributed by atoms with Crippen molar-refractivity contribution in [1.29, 1.82) is 0 Å². The zero-order chi connectivity index (χ0) is 13.0. The van der Waals surface area contributed by atoms with Gasteiger partial charge in [0.05, 0.1) is 12.1 Å². The van der Waals surface area contributed by atoms with Crippen LogP contribution in [-0.2, 0) is 4.79 Å². The highest BCUT2D eigenvalue weighted by molar-refractivity contribution is 14.1. The molecule has 5 heteroatoms. The largest absolute Gasteiger partial charge is 0.345 e. The normalized spacial score (nSPS) is 10.4. The van der Waals surface area contributed by atoms with Crippen LogP contribution in [0.3, 0.4) is 0 Å². The molecule has 0 heterocycles. The van der Waals surface area contributed by atoms with E-state index in [0.29, 0.717) is 10.6 Å². The van der Waals surface area contributed by atoms with Gasteiger partial charge in [0.15, 0.2) is 5.78 Å². The predicted octanol–water partition coefficient (Wildman–Crippen LogP) is 2.90. The number of carbonyl (C=O) groups is 2. The first-order chi connectivity index (χ1) is 7.91. The minimum atomic E-state index is -0.272. The third-order valence-electron chi connectivity index (χ3n) is 2.24. The van der Waals surface area contributed by atoms with Gasteiger partial charge in [-0.25, -0.2) is 0 Å². The van der Waals surface area contributed by atoms with Crippen molar-refractivity contribution in [1.82, 2.24) is 5.32 Å². The van der Waals surface area contributed by atoms with E-state index < -0.39 is 0 Å². The highest BCUT2D eigenvalue weighted by atomic mass is 127. The van der Waals surface area contributed by atoms with Gasteiger partial charge in [0.2, 0.25) is 0 Å². The molecule has 1 aromatic carbocycles. The second-order valence-electron chi connectivity index (χ2n) is 3.93. The Kier molecular flexibility index (Phi) is 5.39. The van der Waals surface area contributed by atoms with Gasteiger partial charge in [-0.05, 0) is 40.8 Å². The van der Waals surface area contributed by atoms with E-state index in [9.17, 15) is 9.59 Å². The summed E-state index contributed by atoms with van der Waals surface area (Å²) in [6.07, 6.45) is 0. The summed E-state index contributed by atoms with van der Waals surface area (Å²) in [5, 5.41) is 3.10. The summed E-state index contributed by atoms with van der Waals surface area (Å²) in [6.45, 7) is 3.66. The van der Waals surface area contributed by atoms with Crippen LogP contribution >= 0.6 is 34.2 Å². The first-order valence-electron chi connectivity index (χ1n) is 5.17. The van der Waals surface area contributed by atoms with Gasteiger partial charge in [0.25, 0.3) is 5.91 Å². The maximum absolute atomic E-state index is 11.8. The molecular formula is C12H13ClINO2. The lowest BCUT2D eigenvalue weighted by Gasteiger charge is -2.08. The number of halogens is 2. The van der Waals surface area contributed by atoms with Gasteiger partial charge >= 0.3 is 0 Å². The fourth-order valence-corrected chi connectivity index (χ4v) is 1.89. The Hall–Kier alpha value is -0.620. The number of rotatable bonds is 4. The van der Waals surface area contributed by atoms with E-state index in [1.165, 1.54) is 0 Å².